The molecule has 5 aromatic rings. The van der Waals surface area contributed by atoms with Gasteiger partial charge >= 0.3 is 12.2 Å². The average molecular weight is 837 g/mol. The van der Waals surface area contributed by atoms with Gasteiger partial charge in [0.1, 0.15) is 36.3 Å². The van der Waals surface area contributed by atoms with Gasteiger partial charge in [0.15, 0.2) is 0 Å². The third-order valence-electron chi connectivity index (χ3n) is 12.5. The molecular formula is C45H56N8O8. The van der Waals surface area contributed by atoms with Gasteiger partial charge in [0, 0.05) is 31.1 Å². The lowest BCUT2D eigenvalue weighted by molar-refractivity contribution is -0.135. The molecule has 0 aliphatic carbocycles. The largest absolute Gasteiger partial charge is 0.488 e. The van der Waals surface area contributed by atoms with Crippen molar-refractivity contribution in [2.75, 3.05) is 41.0 Å². The molecule has 16 heteroatoms. The zero-order valence-electron chi connectivity index (χ0n) is 35.8. The highest BCUT2D eigenvalue weighted by molar-refractivity contribution is 6.07. The fourth-order valence-corrected chi connectivity index (χ4v) is 9.33. The van der Waals surface area contributed by atoms with Gasteiger partial charge in [0.2, 0.25) is 5.91 Å². The standard InChI is InChI=1S/C45H56N8O8/c1-23(2)37(50-44(56)59-6)42(54)52-14-8-9-34(52)40-46-19-33(48-40)27-10-12-29-28(16-27)22-61-36-18-30-26(17-31(29)36)11-13-32-39(30)49-41(47-32)35-15-25(21-58-5)20-53(35)43(55)38(24(3)4)51-45(57)60-7/h10-13,16-19,23-25,34-35,37-38,43,55H,8-9,14-15,20-22H2,1-7H3,(H,46,48)(H,47,49)(H,50,56)(H,51,57)/t25-,34-,35-,37-,38-,43?/m0/s1. The first-order valence-corrected chi connectivity index (χ1v) is 21.1. The minimum absolute atomic E-state index is 0.0634. The molecule has 5 N–H and O–H groups in total. The fraction of sp³-hybridized carbons (Fsp3) is 0.489. The summed E-state index contributed by atoms with van der Waals surface area (Å²) in [5.41, 5.74) is 6.61. The van der Waals surface area contributed by atoms with E-state index in [1.54, 1.807) is 7.11 Å². The second-order valence-electron chi connectivity index (χ2n) is 17.1. The van der Waals surface area contributed by atoms with E-state index in [1.165, 1.54) is 14.2 Å². The number of amides is 3. The summed E-state index contributed by atoms with van der Waals surface area (Å²) in [5.74, 6) is 2.05. The summed E-state index contributed by atoms with van der Waals surface area (Å²) in [6, 6.07) is 12.9. The molecule has 324 valence electrons. The fourth-order valence-electron chi connectivity index (χ4n) is 9.33. The van der Waals surface area contributed by atoms with Crippen molar-refractivity contribution in [1.29, 1.82) is 0 Å². The van der Waals surface area contributed by atoms with Gasteiger partial charge in [0.05, 0.1) is 61.9 Å². The smallest absolute Gasteiger partial charge is 0.407 e. The summed E-state index contributed by atoms with van der Waals surface area (Å²) in [6.45, 7) is 9.79. The minimum Gasteiger partial charge on any atom is -0.488 e. The lowest BCUT2D eigenvalue weighted by Crippen LogP contribution is -2.54. The molecule has 0 spiro atoms. The molecule has 3 aliphatic heterocycles. The van der Waals surface area contributed by atoms with Gasteiger partial charge in [-0.15, -0.1) is 0 Å². The second-order valence-corrected chi connectivity index (χ2v) is 17.1. The average Bonchev–Trinajstić information content (AvgIpc) is 4.09. The van der Waals surface area contributed by atoms with Crippen LogP contribution in [0.15, 0.2) is 48.7 Å². The Balaban J connectivity index is 1.05. The molecule has 1 unspecified atom stereocenters. The summed E-state index contributed by atoms with van der Waals surface area (Å²) in [4.78, 5) is 58.7. The molecule has 61 heavy (non-hydrogen) atoms. The molecule has 8 rings (SSSR count). The second kappa shape index (κ2) is 17.3. The van der Waals surface area contributed by atoms with E-state index in [-0.39, 0.29) is 35.7 Å². The van der Waals surface area contributed by atoms with E-state index < -0.39 is 30.5 Å². The number of methoxy groups -OCH3 is 3. The topological polar surface area (TPSA) is 196 Å². The van der Waals surface area contributed by atoms with Crippen molar-refractivity contribution in [3.05, 3.63) is 65.9 Å². The van der Waals surface area contributed by atoms with Crippen LogP contribution in [-0.2, 0) is 25.6 Å². The Morgan fingerprint density at radius 3 is 2.46 bits per heavy atom. The number of alkyl carbamates (subject to hydrolysis) is 2. The molecule has 3 amide bonds. The van der Waals surface area contributed by atoms with Gasteiger partial charge in [-0.3, -0.25) is 9.69 Å². The van der Waals surface area contributed by atoms with E-state index in [2.05, 4.69) is 57.0 Å². The first kappa shape index (κ1) is 42.0. The van der Waals surface area contributed by atoms with Crippen LogP contribution in [0.5, 0.6) is 5.75 Å². The molecular weight excluding hydrogens is 781 g/mol. The Morgan fingerprint density at radius 1 is 0.934 bits per heavy atom. The van der Waals surface area contributed by atoms with Crippen LogP contribution in [0.1, 0.15) is 76.3 Å². The molecule has 3 aliphatic rings. The van der Waals surface area contributed by atoms with Gasteiger partial charge in [-0.2, -0.15) is 0 Å². The number of imidazole rings is 2. The van der Waals surface area contributed by atoms with E-state index in [0.29, 0.717) is 32.1 Å². The van der Waals surface area contributed by atoms with E-state index in [9.17, 15) is 19.5 Å². The molecule has 3 aromatic carbocycles. The van der Waals surface area contributed by atoms with Crippen LogP contribution in [-0.4, -0.2) is 112 Å². The maximum atomic E-state index is 13.7. The number of hydrogen-bond donors (Lipinski definition) is 5. The molecule has 2 aromatic heterocycles. The number of nitrogens with one attached hydrogen (secondary N) is 4. The highest BCUT2D eigenvalue weighted by Gasteiger charge is 2.42. The van der Waals surface area contributed by atoms with Crippen LogP contribution in [0.2, 0.25) is 0 Å². The number of likely N-dealkylation sites (tertiary alicyclic amines) is 2. The van der Waals surface area contributed by atoms with Crippen LogP contribution in [0.25, 0.3) is 44.2 Å². The molecule has 0 radical (unpaired) electrons. The lowest BCUT2D eigenvalue weighted by atomic mass is 9.92. The Kier molecular flexibility index (Phi) is 11.9. The maximum absolute atomic E-state index is 13.7. The molecule has 2 fully saturated rings. The molecule has 5 heterocycles. The number of nitrogens with zero attached hydrogens (tertiary/aromatic N) is 4. The SMILES string of the molecule is COC[C@H]1C[C@@H](c2nc3c(ccc4cc5c(cc43)OCc3cc(-c4cnc([C@@H]6CCCN6C(=O)[C@@H](NC(=O)OC)C(C)C)[nH]4)ccc3-5)[nH]2)N(C(O)[C@@H](NC(=O)OC)C(C)C)C1. The first-order chi connectivity index (χ1) is 29.4. The number of benzene rings is 3. The van der Waals surface area contributed by atoms with Crippen molar-refractivity contribution >= 4 is 39.9 Å². The van der Waals surface area contributed by atoms with Crippen molar-refractivity contribution in [2.45, 2.75) is 84.0 Å². The predicted molar refractivity (Wildman–Crippen MR) is 228 cm³/mol. The van der Waals surface area contributed by atoms with Crippen molar-refractivity contribution in [3.63, 3.8) is 0 Å². The van der Waals surface area contributed by atoms with Crippen LogP contribution >= 0.6 is 0 Å². The van der Waals surface area contributed by atoms with Crippen molar-refractivity contribution in [3.8, 4) is 28.1 Å². The summed E-state index contributed by atoms with van der Waals surface area (Å²) >= 11 is 0. The number of carbonyl (C=O) groups excluding carboxylic acids is 3. The van der Waals surface area contributed by atoms with E-state index >= 15 is 0 Å². The summed E-state index contributed by atoms with van der Waals surface area (Å²) in [5, 5.41) is 19.2. The number of rotatable bonds is 12. The molecule has 2 saturated heterocycles. The predicted octanol–water partition coefficient (Wildman–Crippen LogP) is 6.42. The normalized spacial score (nSPS) is 20.4. The molecule has 6 atom stereocenters. The van der Waals surface area contributed by atoms with E-state index in [0.717, 1.165) is 80.6 Å². The number of ether oxygens (including phenoxy) is 4. The lowest BCUT2D eigenvalue weighted by Gasteiger charge is -2.35. The number of fused-ring (bicyclic) bond motifs is 6. The maximum Gasteiger partial charge on any atom is 0.407 e. The zero-order valence-corrected chi connectivity index (χ0v) is 35.8. The van der Waals surface area contributed by atoms with Crippen LogP contribution in [0.4, 0.5) is 9.59 Å². The van der Waals surface area contributed by atoms with Crippen molar-refractivity contribution < 1.29 is 38.4 Å². The Bertz CT molecular complexity index is 2430. The van der Waals surface area contributed by atoms with Crippen LogP contribution in [0.3, 0.4) is 0 Å². The van der Waals surface area contributed by atoms with Gasteiger partial charge in [-0.05, 0) is 83.4 Å². The third-order valence-corrected chi connectivity index (χ3v) is 12.5. The minimum atomic E-state index is -0.985. The molecule has 16 nitrogen and oxygen atoms in total. The Morgan fingerprint density at radius 2 is 1.72 bits per heavy atom. The van der Waals surface area contributed by atoms with Crippen LogP contribution < -0.4 is 15.4 Å². The number of hydrogen-bond acceptors (Lipinski definition) is 11. The first-order valence-electron chi connectivity index (χ1n) is 21.1. The van der Waals surface area contributed by atoms with Gasteiger partial charge in [0.25, 0.3) is 0 Å². The number of aliphatic hydroxyl groups is 1. The zero-order chi connectivity index (χ0) is 43.1. The Hall–Kier alpha value is -5.71. The molecule has 0 saturated carbocycles. The summed E-state index contributed by atoms with van der Waals surface area (Å²) < 4.78 is 21.6. The number of H-pyrrole nitrogens is 2. The highest BCUT2D eigenvalue weighted by Crippen LogP contribution is 2.44. The van der Waals surface area contributed by atoms with Crippen molar-refractivity contribution in [2.24, 2.45) is 17.8 Å². The summed E-state index contributed by atoms with van der Waals surface area (Å²) in [6.07, 6.45) is 1.93. The quantitative estimate of drug-likeness (QED) is 0.0931. The number of aromatic nitrogens is 4. The third kappa shape index (κ3) is 8.11. The number of carbonyl (C=O) groups is 3. The highest BCUT2D eigenvalue weighted by atomic mass is 16.5. The van der Waals surface area contributed by atoms with Crippen LogP contribution in [0, 0.1) is 17.8 Å². The van der Waals surface area contributed by atoms with Gasteiger partial charge < -0.3 is 49.6 Å². The van der Waals surface area contributed by atoms with Gasteiger partial charge in [-0.1, -0.05) is 45.9 Å². The Labute approximate surface area is 354 Å². The molecule has 0 bridgehead atoms. The van der Waals surface area contributed by atoms with E-state index in [4.69, 9.17) is 28.9 Å². The van der Waals surface area contributed by atoms with Crippen molar-refractivity contribution in [1.82, 2.24) is 40.4 Å². The monoisotopic (exact) mass is 836 g/mol. The number of aliphatic hydroxyl groups excluding tert-OH is 1. The summed E-state index contributed by atoms with van der Waals surface area (Å²) in [7, 11) is 4.29. The number of aromatic amines is 2. The van der Waals surface area contributed by atoms with Gasteiger partial charge in [-0.25, -0.2) is 19.6 Å². The van der Waals surface area contributed by atoms with E-state index in [1.807, 2.05) is 49.8 Å².